The lowest BCUT2D eigenvalue weighted by Gasteiger charge is -2.11. The van der Waals surface area contributed by atoms with Gasteiger partial charge >= 0.3 is 6.18 Å². The molecule has 1 atom stereocenters. The standard InChI is InChI=1S/C6H12F3NO3S/c1-5(3-14(10,11)12)2-13-4-6(7,8)9/h5H,2-4H2,1H3,(H2,10,11,12). The van der Waals surface area contributed by atoms with Gasteiger partial charge in [-0.05, 0) is 5.92 Å². The van der Waals surface area contributed by atoms with Crippen LogP contribution < -0.4 is 5.14 Å². The Balaban J connectivity index is 3.71. The molecule has 2 N–H and O–H groups in total. The van der Waals surface area contributed by atoms with Crippen molar-refractivity contribution in [3.05, 3.63) is 0 Å². The van der Waals surface area contributed by atoms with Crippen molar-refractivity contribution in [2.45, 2.75) is 13.1 Å². The smallest absolute Gasteiger partial charge is 0.372 e. The molecular formula is C6H12F3NO3S. The third-order valence-corrected chi connectivity index (χ3v) is 2.22. The number of rotatable bonds is 5. The van der Waals surface area contributed by atoms with Gasteiger partial charge in [0.1, 0.15) is 6.61 Å². The van der Waals surface area contributed by atoms with E-state index in [2.05, 4.69) is 9.88 Å². The summed E-state index contributed by atoms with van der Waals surface area (Å²) in [6, 6.07) is 0. The molecule has 0 radical (unpaired) electrons. The fourth-order valence-corrected chi connectivity index (χ4v) is 1.71. The van der Waals surface area contributed by atoms with Crippen molar-refractivity contribution in [1.29, 1.82) is 0 Å². The molecule has 0 aliphatic carbocycles. The second-order valence-electron chi connectivity index (χ2n) is 3.07. The van der Waals surface area contributed by atoms with Gasteiger partial charge in [-0.1, -0.05) is 6.92 Å². The molecule has 0 heterocycles. The van der Waals surface area contributed by atoms with E-state index >= 15 is 0 Å². The van der Waals surface area contributed by atoms with E-state index < -0.39 is 28.7 Å². The minimum absolute atomic E-state index is 0.282. The topological polar surface area (TPSA) is 69.4 Å². The first-order chi connectivity index (χ1) is 6.10. The van der Waals surface area contributed by atoms with Crippen molar-refractivity contribution >= 4 is 10.0 Å². The summed E-state index contributed by atoms with van der Waals surface area (Å²) in [6.45, 7) is -0.210. The maximum absolute atomic E-state index is 11.6. The molecule has 0 aromatic rings. The first kappa shape index (κ1) is 13.7. The fraction of sp³-hybridized carbons (Fsp3) is 1.00. The molecule has 0 aromatic carbocycles. The molecule has 0 bridgehead atoms. The Labute approximate surface area is 80.3 Å². The van der Waals surface area contributed by atoms with E-state index in [1.54, 1.807) is 0 Å². The molecule has 8 heteroatoms. The average Bonchev–Trinajstić information content (AvgIpc) is 1.78. The Morgan fingerprint density at radius 2 is 1.93 bits per heavy atom. The van der Waals surface area contributed by atoms with Crippen LogP contribution in [0, 0.1) is 5.92 Å². The lowest BCUT2D eigenvalue weighted by atomic mass is 10.2. The second kappa shape index (κ2) is 4.94. The van der Waals surface area contributed by atoms with Gasteiger partial charge in [-0.3, -0.25) is 0 Å². The Hall–Kier alpha value is -0.340. The number of ether oxygens (including phenoxy) is 1. The molecule has 0 saturated carbocycles. The van der Waals surface area contributed by atoms with Crippen molar-refractivity contribution in [2.75, 3.05) is 19.0 Å². The van der Waals surface area contributed by atoms with E-state index in [9.17, 15) is 21.6 Å². The molecule has 86 valence electrons. The van der Waals surface area contributed by atoms with Crippen molar-refractivity contribution in [3.63, 3.8) is 0 Å². The number of alkyl halides is 3. The summed E-state index contributed by atoms with van der Waals surface area (Å²) >= 11 is 0. The van der Waals surface area contributed by atoms with Crippen LogP contribution in [-0.4, -0.2) is 33.6 Å². The Bertz CT molecular complexity index is 262. The van der Waals surface area contributed by atoms with Crippen LogP contribution in [0.2, 0.25) is 0 Å². The number of nitrogens with two attached hydrogens (primary N) is 1. The molecule has 0 rings (SSSR count). The Morgan fingerprint density at radius 3 is 2.29 bits per heavy atom. The van der Waals surface area contributed by atoms with Crippen LogP contribution in [0.3, 0.4) is 0 Å². The van der Waals surface area contributed by atoms with Crippen molar-refractivity contribution in [1.82, 2.24) is 0 Å². The van der Waals surface area contributed by atoms with E-state index in [0.29, 0.717) is 0 Å². The molecular weight excluding hydrogens is 223 g/mol. The summed E-state index contributed by atoms with van der Waals surface area (Å²) in [5.41, 5.74) is 0. The second-order valence-corrected chi connectivity index (χ2v) is 4.72. The maximum Gasteiger partial charge on any atom is 0.411 e. The zero-order valence-electron chi connectivity index (χ0n) is 7.54. The number of sulfonamides is 1. The third kappa shape index (κ3) is 9.75. The van der Waals surface area contributed by atoms with E-state index in [-0.39, 0.29) is 12.4 Å². The summed E-state index contributed by atoms with van der Waals surface area (Å²) < 4.78 is 60.0. The molecule has 4 nitrogen and oxygen atoms in total. The monoisotopic (exact) mass is 235 g/mol. The van der Waals surface area contributed by atoms with Gasteiger partial charge in [-0.15, -0.1) is 0 Å². The molecule has 1 unspecified atom stereocenters. The lowest BCUT2D eigenvalue weighted by Crippen LogP contribution is -2.26. The summed E-state index contributed by atoms with van der Waals surface area (Å²) in [5, 5.41) is 4.69. The molecule has 0 aliphatic rings. The fourth-order valence-electron chi connectivity index (χ4n) is 0.821. The quantitative estimate of drug-likeness (QED) is 0.754. The zero-order valence-corrected chi connectivity index (χ0v) is 8.36. The van der Waals surface area contributed by atoms with Gasteiger partial charge in [0, 0.05) is 0 Å². The van der Waals surface area contributed by atoms with Crippen LogP contribution in [-0.2, 0) is 14.8 Å². The first-order valence-corrected chi connectivity index (χ1v) is 5.46. The molecule has 0 amide bonds. The van der Waals surface area contributed by atoms with Crippen LogP contribution in [0.25, 0.3) is 0 Å². The van der Waals surface area contributed by atoms with Gasteiger partial charge in [-0.2, -0.15) is 13.2 Å². The molecule has 0 spiro atoms. The van der Waals surface area contributed by atoms with Crippen LogP contribution >= 0.6 is 0 Å². The third-order valence-electron chi connectivity index (χ3n) is 1.18. The number of hydrogen-bond donors (Lipinski definition) is 1. The predicted octanol–water partition coefficient (Wildman–Crippen LogP) is 0.490. The van der Waals surface area contributed by atoms with E-state index in [1.807, 2.05) is 0 Å². The minimum atomic E-state index is -4.39. The SMILES string of the molecule is CC(COCC(F)(F)F)CS(N)(=O)=O. The highest BCUT2D eigenvalue weighted by Gasteiger charge is 2.27. The van der Waals surface area contributed by atoms with Crippen molar-refractivity contribution < 1.29 is 26.3 Å². The van der Waals surface area contributed by atoms with Crippen LogP contribution in [0.4, 0.5) is 13.2 Å². The van der Waals surface area contributed by atoms with Gasteiger partial charge in [0.05, 0.1) is 12.4 Å². The van der Waals surface area contributed by atoms with E-state index in [0.717, 1.165) is 0 Å². The van der Waals surface area contributed by atoms with Crippen LogP contribution in [0.5, 0.6) is 0 Å². The highest BCUT2D eigenvalue weighted by molar-refractivity contribution is 7.89. The van der Waals surface area contributed by atoms with E-state index in [1.165, 1.54) is 6.92 Å². The Morgan fingerprint density at radius 1 is 1.43 bits per heavy atom. The summed E-state index contributed by atoms with van der Waals surface area (Å²) in [6.07, 6.45) is -4.39. The summed E-state index contributed by atoms with van der Waals surface area (Å²) in [4.78, 5) is 0. The predicted molar refractivity (Wildman–Crippen MR) is 44.0 cm³/mol. The zero-order chi connectivity index (χ0) is 11.4. The van der Waals surface area contributed by atoms with Gasteiger partial charge in [0.15, 0.2) is 0 Å². The summed E-state index contributed by atoms with van der Waals surface area (Å²) in [7, 11) is -3.65. The van der Waals surface area contributed by atoms with Gasteiger partial charge in [-0.25, -0.2) is 13.6 Å². The first-order valence-electron chi connectivity index (χ1n) is 3.75. The number of halogens is 3. The molecule has 0 aliphatic heterocycles. The molecule has 0 aromatic heterocycles. The minimum Gasteiger partial charge on any atom is -0.372 e. The normalized spacial score (nSPS) is 15.5. The highest BCUT2D eigenvalue weighted by atomic mass is 32.2. The molecule has 0 fully saturated rings. The number of hydrogen-bond acceptors (Lipinski definition) is 3. The molecule has 14 heavy (non-hydrogen) atoms. The largest absolute Gasteiger partial charge is 0.411 e. The van der Waals surface area contributed by atoms with Crippen molar-refractivity contribution in [2.24, 2.45) is 11.1 Å². The average molecular weight is 235 g/mol. The van der Waals surface area contributed by atoms with Gasteiger partial charge in [0.25, 0.3) is 0 Å². The van der Waals surface area contributed by atoms with E-state index in [4.69, 9.17) is 0 Å². The highest BCUT2D eigenvalue weighted by Crippen LogP contribution is 2.15. The maximum atomic E-state index is 11.6. The Kier molecular flexibility index (Phi) is 4.82. The van der Waals surface area contributed by atoms with Crippen LogP contribution in [0.15, 0.2) is 0 Å². The summed E-state index contributed by atoms with van der Waals surface area (Å²) in [5.74, 6) is -0.933. The lowest BCUT2D eigenvalue weighted by molar-refractivity contribution is -0.175. The van der Waals surface area contributed by atoms with Gasteiger partial charge in [0.2, 0.25) is 10.0 Å². The van der Waals surface area contributed by atoms with Gasteiger partial charge < -0.3 is 4.74 Å². The molecule has 0 saturated heterocycles. The van der Waals surface area contributed by atoms with Crippen molar-refractivity contribution in [3.8, 4) is 0 Å². The number of primary sulfonamides is 1. The van der Waals surface area contributed by atoms with Crippen LogP contribution in [0.1, 0.15) is 6.92 Å².